The Balaban J connectivity index is 1.78. The van der Waals surface area contributed by atoms with Crippen LogP contribution in [0.15, 0.2) is 24.3 Å². The van der Waals surface area contributed by atoms with Crippen molar-refractivity contribution < 1.29 is 5.11 Å². The maximum atomic E-state index is 9.77. The molecule has 0 bridgehead atoms. The minimum Gasteiger partial charge on any atom is -0.508 e. The van der Waals surface area contributed by atoms with E-state index in [-0.39, 0.29) is 0 Å². The van der Waals surface area contributed by atoms with Crippen LogP contribution < -0.4 is 5.32 Å². The van der Waals surface area contributed by atoms with Crippen molar-refractivity contribution in [3.63, 3.8) is 0 Å². The van der Waals surface area contributed by atoms with E-state index in [1.165, 1.54) is 19.3 Å². The van der Waals surface area contributed by atoms with Crippen LogP contribution in [0.25, 0.3) is 0 Å². The van der Waals surface area contributed by atoms with Crippen LogP contribution in [-0.4, -0.2) is 36.7 Å². The van der Waals surface area contributed by atoms with Gasteiger partial charge in [-0.05, 0) is 57.9 Å². The molecule has 0 saturated carbocycles. The standard InChI is InChI=1S/C15H24N2O/c1-16-9-6-13-7-10-17(11-8-13)12-14-4-2-3-5-15(14)18/h2-5,13,16,18H,6-12H2,1H3. The molecule has 0 aliphatic carbocycles. The molecule has 1 aromatic rings. The molecule has 0 atom stereocenters. The van der Waals surface area contributed by atoms with Crippen LogP contribution in [0.2, 0.25) is 0 Å². The van der Waals surface area contributed by atoms with Crippen molar-refractivity contribution in [2.24, 2.45) is 5.92 Å². The molecule has 1 aliphatic heterocycles. The summed E-state index contributed by atoms with van der Waals surface area (Å²) in [5, 5.41) is 13.0. The molecular formula is C15H24N2O. The van der Waals surface area contributed by atoms with E-state index >= 15 is 0 Å². The second-order valence-corrected chi connectivity index (χ2v) is 5.24. The van der Waals surface area contributed by atoms with Gasteiger partial charge >= 0.3 is 0 Å². The number of rotatable bonds is 5. The maximum absolute atomic E-state index is 9.77. The molecule has 1 fully saturated rings. The quantitative estimate of drug-likeness (QED) is 0.838. The smallest absolute Gasteiger partial charge is 0.120 e. The zero-order valence-corrected chi connectivity index (χ0v) is 11.2. The first kappa shape index (κ1) is 13.4. The first-order chi connectivity index (χ1) is 8.79. The van der Waals surface area contributed by atoms with Crippen molar-refractivity contribution in [2.75, 3.05) is 26.7 Å². The van der Waals surface area contributed by atoms with Crippen molar-refractivity contribution in [1.82, 2.24) is 10.2 Å². The van der Waals surface area contributed by atoms with E-state index < -0.39 is 0 Å². The van der Waals surface area contributed by atoms with Crippen molar-refractivity contribution in [3.8, 4) is 5.75 Å². The number of phenolic OH excluding ortho intramolecular Hbond substituents is 1. The summed E-state index contributed by atoms with van der Waals surface area (Å²) in [5.74, 6) is 1.30. The molecule has 1 saturated heterocycles. The van der Waals surface area contributed by atoms with Crippen LogP contribution in [0.4, 0.5) is 0 Å². The molecule has 0 radical (unpaired) electrons. The van der Waals surface area contributed by atoms with E-state index in [1.807, 2.05) is 25.2 Å². The third-order valence-electron chi connectivity index (χ3n) is 3.90. The highest BCUT2D eigenvalue weighted by Crippen LogP contribution is 2.23. The maximum Gasteiger partial charge on any atom is 0.120 e. The number of likely N-dealkylation sites (tertiary alicyclic amines) is 1. The first-order valence-electron chi connectivity index (χ1n) is 6.93. The number of aromatic hydroxyl groups is 1. The van der Waals surface area contributed by atoms with Crippen LogP contribution in [0.1, 0.15) is 24.8 Å². The van der Waals surface area contributed by atoms with Crippen LogP contribution in [-0.2, 0) is 6.54 Å². The fourth-order valence-corrected chi connectivity index (χ4v) is 2.67. The lowest BCUT2D eigenvalue weighted by Gasteiger charge is -2.32. The lowest BCUT2D eigenvalue weighted by Crippen LogP contribution is -2.34. The summed E-state index contributed by atoms with van der Waals surface area (Å²) in [5.41, 5.74) is 1.05. The van der Waals surface area contributed by atoms with Crippen molar-refractivity contribution in [3.05, 3.63) is 29.8 Å². The number of nitrogens with one attached hydrogen (secondary N) is 1. The largest absolute Gasteiger partial charge is 0.508 e. The van der Waals surface area contributed by atoms with Crippen molar-refractivity contribution >= 4 is 0 Å². The SMILES string of the molecule is CNCCC1CCN(Cc2ccccc2O)CC1. The highest BCUT2D eigenvalue weighted by Gasteiger charge is 2.19. The molecule has 1 aliphatic rings. The Hall–Kier alpha value is -1.06. The monoisotopic (exact) mass is 248 g/mol. The van der Waals surface area contributed by atoms with Gasteiger partial charge in [0.05, 0.1) is 0 Å². The van der Waals surface area contributed by atoms with Gasteiger partial charge in [0.1, 0.15) is 5.75 Å². The molecule has 0 aromatic heterocycles. The Kier molecular flexibility index (Phi) is 5.02. The van der Waals surface area contributed by atoms with E-state index in [1.54, 1.807) is 6.07 Å². The summed E-state index contributed by atoms with van der Waals surface area (Å²) in [6.07, 6.45) is 3.87. The van der Waals surface area contributed by atoms with Gasteiger partial charge in [0.15, 0.2) is 0 Å². The number of nitrogens with zero attached hydrogens (tertiary/aromatic N) is 1. The van der Waals surface area contributed by atoms with Crippen LogP contribution in [0.5, 0.6) is 5.75 Å². The molecule has 3 heteroatoms. The third kappa shape index (κ3) is 3.72. The van der Waals surface area contributed by atoms with E-state index in [0.29, 0.717) is 5.75 Å². The zero-order chi connectivity index (χ0) is 12.8. The summed E-state index contributed by atoms with van der Waals surface area (Å²) in [6.45, 7) is 4.32. The van der Waals surface area contributed by atoms with Gasteiger partial charge in [0, 0.05) is 12.1 Å². The Morgan fingerprint density at radius 2 is 2.00 bits per heavy atom. The van der Waals surface area contributed by atoms with E-state index in [4.69, 9.17) is 0 Å². The summed E-state index contributed by atoms with van der Waals surface area (Å²) < 4.78 is 0. The highest BCUT2D eigenvalue weighted by molar-refractivity contribution is 5.31. The average Bonchev–Trinajstić information content (AvgIpc) is 2.41. The number of phenols is 1. The number of benzene rings is 1. The van der Waals surface area contributed by atoms with Gasteiger partial charge in [0.2, 0.25) is 0 Å². The molecule has 18 heavy (non-hydrogen) atoms. The Labute approximate surface area is 110 Å². The van der Waals surface area contributed by atoms with Gasteiger partial charge < -0.3 is 10.4 Å². The second kappa shape index (κ2) is 6.76. The molecule has 1 heterocycles. The molecular weight excluding hydrogens is 224 g/mol. The molecule has 2 N–H and O–H groups in total. The zero-order valence-electron chi connectivity index (χ0n) is 11.2. The molecule has 2 rings (SSSR count). The van der Waals surface area contributed by atoms with E-state index in [9.17, 15) is 5.11 Å². The van der Waals surface area contributed by atoms with Crippen LogP contribution in [0.3, 0.4) is 0 Å². The highest BCUT2D eigenvalue weighted by atomic mass is 16.3. The summed E-state index contributed by atoms with van der Waals surface area (Å²) in [7, 11) is 2.02. The van der Waals surface area contributed by atoms with Gasteiger partial charge in [-0.25, -0.2) is 0 Å². The van der Waals surface area contributed by atoms with Crippen molar-refractivity contribution in [1.29, 1.82) is 0 Å². The fraction of sp³-hybridized carbons (Fsp3) is 0.600. The van der Waals surface area contributed by atoms with Gasteiger partial charge in [0.25, 0.3) is 0 Å². The van der Waals surface area contributed by atoms with Crippen molar-refractivity contribution in [2.45, 2.75) is 25.8 Å². The molecule has 0 amide bonds. The molecule has 100 valence electrons. The summed E-state index contributed by atoms with van der Waals surface area (Å²) in [4.78, 5) is 2.45. The summed E-state index contributed by atoms with van der Waals surface area (Å²) in [6, 6.07) is 7.66. The lowest BCUT2D eigenvalue weighted by atomic mass is 9.93. The number of piperidine rings is 1. The molecule has 3 nitrogen and oxygen atoms in total. The molecule has 1 aromatic carbocycles. The predicted octanol–water partition coefficient (Wildman–Crippen LogP) is 2.21. The van der Waals surface area contributed by atoms with Gasteiger partial charge in [-0.15, -0.1) is 0 Å². The Morgan fingerprint density at radius 3 is 2.67 bits per heavy atom. The molecule has 0 unspecified atom stereocenters. The summed E-state index contributed by atoms with van der Waals surface area (Å²) >= 11 is 0. The van der Waals surface area contributed by atoms with E-state index in [2.05, 4.69) is 10.2 Å². The van der Waals surface area contributed by atoms with Crippen LogP contribution in [0, 0.1) is 5.92 Å². The predicted molar refractivity (Wildman–Crippen MR) is 74.7 cm³/mol. The topological polar surface area (TPSA) is 35.5 Å². The Bertz CT molecular complexity index is 359. The third-order valence-corrected chi connectivity index (χ3v) is 3.90. The number of hydrogen-bond donors (Lipinski definition) is 2. The minimum atomic E-state index is 0.426. The van der Waals surface area contributed by atoms with Crippen LogP contribution >= 0.6 is 0 Å². The van der Waals surface area contributed by atoms with Gasteiger partial charge in [-0.2, -0.15) is 0 Å². The van der Waals surface area contributed by atoms with Gasteiger partial charge in [-0.3, -0.25) is 4.90 Å². The first-order valence-corrected chi connectivity index (χ1v) is 6.93. The van der Waals surface area contributed by atoms with E-state index in [0.717, 1.165) is 37.7 Å². The number of para-hydroxylation sites is 1. The fourth-order valence-electron chi connectivity index (χ4n) is 2.67. The lowest BCUT2D eigenvalue weighted by molar-refractivity contribution is 0.171. The number of hydrogen-bond acceptors (Lipinski definition) is 3. The Morgan fingerprint density at radius 1 is 1.28 bits per heavy atom. The minimum absolute atomic E-state index is 0.426. The second-order valence-electron chi connectivity index (χ2n) is 5.24. The normalized spacial score (nSPS) is 18.1. The molecule has 0 spiro atoms. The van der Waals surface area contributed by atoms with Gasteiger partial charge in [-0.1, -0.05) is 18.2 Å². The average molecular weight is 248 g/mol.